The summed E-state index contributed by atoms with van der Waals surface area (Å²) in [5.74, 6) is -1.74. The zero-order valence-electron chi connectivity index (χ0n) is 16.2. The Bertz CT molecular complexity index is 695. The van der Waals surface area contributed by atoms with Gasteiger partial charge in [0.1, 0.15) is 18.7 Å². The van der Waals surface area contributed by atoms with E-state index in [4.69, 9.17) is 15.6 Å². The topological polar surface area (TPSA) is 188 Å². The smallest absolute Gasteiger partial charge is 0.328 e. The van der Waals surface area contributed by atoms with Gasteiger partial charge in [0.05, 0.1) is 25.4 Å². The van der Waals surface area contributed by atoms with E-state index in [9.17, 15) is 19.2 Å². The number of nitrogens with zero attached hydrogens (tertiary/aromatic N) is 3. The van der Waals surface area contributed by atoms with Crippen molar-refractivity contribution in [3.63, 3.8) is 0 Å². The molecule has 0 fully saturated rings. The normalized spacial score (nSPS) is 13.6. The molecule has 0 saturated carbocycles. The lowest BCUT2D eigenvalue weighted by molar-refractivity contribution is -0.143. The molecule has 1 aromatic heterocycles. The number of ether oxygens (including phenoxy) is 2. The van der Waals surface area contributed by atoms with Crippen molar-refractivity contribution in [1.29, 1.82) is 0 Å². The third kappa shape index (κ3) is 8.55. The van der Waals surface area contributed by atoms with E-state index in [1.165, 1.54) is 18.0 Å². The summed E-state index contributed by atoms with van der Waals surface area (Å²) in [6.07, 6.45) is 2.50. The van der Waals surface area contributed by atoms with Crippen LogP contribution in [0.15, 0.2) is 6.20 Å². The van der Waals surface area contributed by atoms with Crippen LogP contribution in [-0.2, 0) is 36.8 Å². The minimum absolute atomic E-state index is 0.0173. The van der Waals surface area contributed by atoms with E-state index in [-0.39, 0.29) is 26.0 Å². The average molecular weight is 414 g/mol. The Kier molecular flexibility index (Phi) is 10.1. The molecule has 1 rings (SSSR count). The van der Waals surface area contributed by atoms with Crippen molar-refractivity contribution in [2.24, 2.45) is 5.73 Å². The fraction of sp³-hybridized carbons (Fsp3) is 0.625. The van der Waals surface area contributed by atoms with Crippen LogP contribution in [0.1, 0.15) is 25.5 Å². The first-order chi connectivity index (χ1) is 13.8. The number of hydrogen-bond donors (Lipinski definition) is 4. The first-order valence-corrected chi connectivity index (χ1v) is 8.88. The van der Waals surface area contributed by atoms with Gasteiger partial charge < -0.3 is 30.9 Å². The Morgan fingerprint density at radius 1 is 1.38 bits per heavy atom. The zero-order chi connectivity index (χ0) is 21.8. The summed E-state index contributed by atoms with van der Waals surface area (Å²) in [7, 11) is 1.23. The predicted octanol–water partition coefficient (Wildman–Crippen LogP) is -1.58. The SMILES string of the molecule is CCCC(NC(=O)NC(COC=O)Cn1cc(CC(N)C(=O)O)nn1)C(=O)OC. The fourth-order valence-corrected chi connectivity index (χ4v) is 2.42. The van der Waals surface area contributed by atoms with Crippen molar-refractivity contribution in [2.45, 2.75) is 50.9 Å². The summed E-state index contributed by atoms with van der Waals surface area (Å²) in [4.78, 5) is 45.3. The van der Waals surface area contributed by atoms with E-state index in [0.29, 0.717) is 18.5 Å². The molecule has 0 aliphatic rings. The van der Waals surface area contributed by atoms with E-state index in [2.05, 4.69) is 25.7 Å². The van der Waals surface area contributed by atoms with Gasteiger partial charge in [-0.05, 0) is 6.42 Å². The number of aromatic nitrogens is 3. The lowest BCUT2D eigenvalue weighted by atomic mass is 10.2. The summed E-state index contributed by atoms with van der Waals surface area (Å²) < 4.78 is 10.7. The molecular formula is C16H26N6O7. The number of hydrogen-bond acceptors (Lipinski definition) is 9. The van der Waals surface area contributed by atoms with Gasteiger partial charge in [-0.1, -0.05) is 18.6 Å². The second-order valence-corrected chi connectivity index (χ2v) is 6.19. The summed E-state index contributed by atoms with van der Waals surface area (Å²) in [5.41, 5.74) is 5.81. The van der Waals surface area contributed by atoms with Crippen LogP contribution in [0.2, 0.25) is 0 Å². The Balaban J connectivity index is 2.73. The van der Waals surface area contributed by atoms with Gasteiger partial charge in [-0.2, -0.15) is 0 Å². The largest absolute Gasteiger partial charge is 0.480 e. The molecule has 0 bridgehead atoms. The third-order valence-electron chi connectivity index (χ3n) is 3.81. The summed E-state index contributed by atoms with van der Waals surface area (Å²) in [6.45, 7) is 2.01. The molecule has 13 nitrogen and oxygen atoms in total. The highest BCUT2D eigenvalue weighted by atomic mass is 16.5. The number of carbonyl (C=O) groups excluding carboxylic acids is 3. The second kappa shape index (κ2) is 12.3. The summed E-state index contributed by atoms with van der Waals surface area (Å²) in [6, 6.07) is -3.27. The van der Waals surface area contributed by atoms with Gasteiger partial charge in [0.25, 0.3) is 6.47 Å². The number of esters is 1. The maximum Gasteiger partial charge on any atom is 0.328 e. The zero-order valence-corrected chi connectivity index (χ0v) is 16.2. The maximum atomic E-state index is 12.2. The molecule has 1 heterocycles. The quantitative estimate of drug-likeness (QED) is 0.216. The lowest BCUT2D eigenvalue weighted by Crippen LogP contribution is -2.51. The molecule has 3 unspecified atom stereocenters. The molecule has 3 atom stereocenters. The van der Waals surface area contributed by atoms with Crippen LogP contribution in [0.3, 0.4) is 0 Å². The highest BCUT2D eigenvalue weighted by Crippen LogP contribution is 2.02. The fourth-order valence-electron chi connectivity index (χ4n) is 2.42. The van der Waals surface area contributed by atoms with Crippen LogP contribution >= 0.6 is 0 Å². The first-order valence-electron chi connectivity index (χ1n) is 8.88. The van der Waals surface area contributed by atoms with Crippen molar-refractivity contribution in [3.8, 4) is 0 Å². The number of nitrogens with one attached hydrogen (secondary N) is 2. The molecule has 1 aromatic rings. The molecular weight excluding hydrogens is 388 g/mol. The molecule has 162 valence electrons. The van der Waals surface area contributed by atoms with Crippen LogP contribution in [-0.4, -0.2) is 76.4 Å². The lowest BCUT2D eigenvalue weighted by Gasteiger charge is -2.20. The van der Waals surface area contributed by atoms with Crippen molar-refractivity contribution < 1.29 is 33.8 Å². The maximum absolute atomic E-state index is 12.2. The van der Waals surface area contributed by atoms with E-state index in [0.717, 1.165) is 0 Å². The number of carboxylic acids is 1. The van der Waals surface area contributed by atoms with Gasteiger partial charge in [-0.25, -0.2) is 9.59 Å². The van der Waals surface area contributed by atoms with E-state index in [1.807, 2.05) is 6.92 Å². The van der Waals surface area contributed by atoms with Crippen LogP contribution in [0.25, 0.3) is 0 Å². The van der Waals surface area contributed by atoms with Crippen molar-refractivity contribution >= 4 is 24.4 Å². The molecule has 13 heteroatoms. The highest BCUT2D eigenvalue weighted by molar-refractivity contribution is 5.83. The van der Waals surface area contributed by atoms with Gasteiger partial charge in [-0.3, -0.25) is 14.3 Å². The van der Waals surface area contributed by atoms with E-state index in [1.54, 1.807) is 0 Å². The summed E-state index contributed by atoms with van der Waals surface area (Å²) in [5, 5.41) is 21.6. The van der Waals surface area contributed by atoms with Crippen molar-refractivity contribution in [3.05, 3.63) is 11.9 Å². The van der Waals surface area contributed by atoms with Crippen LogP contribution < -0.4 is 16.4 Å². The molecule has 0 spiro atoms. The molecule has 0 aromatic carbocycles. The number of nitrogens with two attached hydrogens (primary N) is 1. The number of rotatable bonds is 13. The van der Waals surface area contributed by atoms with Crippen LogP contribution in [0, 0.1) is 0 Å². The molecule has 0 aliphatic carbocycles. The van der Waals surface area contributed by atoms with Crippen LogP contribution in [0.5, 0.6) is 0 Å². The number of carbonyl (C=O) groups is 4. The minimum Gasteiger partial charge on any atom is -0.480 e. The van der Waals surface area contributed by atoms with Gasteiger partial charge in [0.2, 0.25) is 0 Å². The van der Waals surface area contributed by atoms with Crippen LogP contribution in [0.4, 0.5) is 4.79 Å². The van der Waals surface area contributed by atoms with Crippen molar-refractivity contribution in [1.82, 2.24) is 25.6 Å². The Hall–Kier alpha value is -3.22. The Morgan fingerprint density at radius 3 is 2.69 bits per heavy atom. The second-order valence-electron chi connectivity index (χ2n) is 6.19. The van der Waals surface area contributed by atoms with Gasteiger partial charge in [-0.15, -0.1) is 5.10 Å². The number of amides is 2. The Labute approximate surface area is 166 Å². The number of aliphatic carboxylic acids is 1. The van der Waals surface area contributed by atoms with Gasteiger partial charge >= 0.3 is 18.0 Å². The first kappa shape index (κ1) is 23.8. The van der Waals surface area contributed by atoms with E-state index < -0.39 is 36.1 Å². The molecule has 0 aliphatic heterocycles. The molecule has 2 amide bonds. The monoisotopic (exact) mass is 414 g/mol. The average Bonchev–Trinajstić information content (AvgIpc) is 3.11. The summed E-state index contributed by atoms with van der Waals surface area (Å²) >= 11 is 0. The molecule has 29 heavy (non-hydrogen) atoms. The van der Waals surface area contributed by atoms with Crippen molar-refractivity contribution in [2.75, 3.05) is 13.7 Å². The highest BCUT2D eigenvalue weighted by Gasteiger charge is 2.23. The minimum atomic E-state index is -1.16. The standard InChI is InChI=1S/C16H26N6O7/c1-3-4-13(15(26)28-2)19-16(27)18-11(8-29-9-23)7-22-6-10(20-21-22)5-12(17)14(24)25/h6,9,11-13H,3-5,7-8,17H2,1-2H3,(H,24,25)(H2,18,19,27). The predicted molar refractivity (Wildman–Crippen MR) is 97.5 cm³/mol. The number of carboxylic acid groups (broad SMARTS) is 1. The number of methoxy groups -OCH3 is 1. The van der Waals surface area contributed by atoms with E-state index >= 15 is 0 Å². The molecule has 5 N–H and O–H groups in total. The van der Waals surface area contributed by atoms with Gasteiger partial charge in [0.15, 0.2) is 0 Å². The molecule has 0 radical (unpaired) electrons. The number of urea groups is 1. The molecule has 0 saturated heterocycles. The van der Waals surface area contributed by atoms with Gasteiger partial charge in [0, 0.05) is 12.6 Å². The Morgan fingerprint density at radius 2 is 2.10 bits per heavy atom. The third-order valence-corrected chi connectivity index (χ3v) is 3.81.